The predicted molar refractivity (Wildman–Crippen MR) is 37.2 cm³/mol. The van der Waals surface area contributed by atoms with Gasteiger partial charge < -0.3 is 0 Å². The lowest BCUT2D eigenvalue weighted by atomic mass is 9.98. The maximum absolute atomic E-state index is 10.3. The molecule has 10 heavy (non-hydrogen) atoms. The summed E-state index contributed by atoms with van der Waals surface area (Å²) in [6, 6.07) is 0. The van der Waals surface area contributed by atoms with Crippen molar-refractivity contribution < 1.29 is 10.0 Å². The summed E-state index contributed by atoms with van der Waals surface area (Å²) < 4.78 is 0. The van der Waals surface area contributed by atoms with Crippen molar-refractivity contribution in [1.82, 2.24) is 5.48 Å². The van der Waals surface area contributed by atoms with Crippen molar-refractivity contribution in [3.63, 3.8) is 0 Å². The summed E-state index contributed by atoms with van der Waals surface area (Å²) in [5.41, 5.74) is 1.22. The maximum Gasteiger partial charge on any atom is 0.319 e. The molecule has 0 aromatic heterocycles. The van der Waals surface area contributed by atoms with Gasteiger partial charge in [-0.1, -0.05) is 5.92 Å². The second kappa shape index (κ2) is 3.23. The Bertz CT molecular complexity index is 180. The molecule has 0 heterocycles. The minimum atomic E-state index is -0.671. The molecule has 0 aliphatic heterocycles. The van der Waals surface area contributed by atoms with E-state index in [1.165, 1.54) is 5.48 Å². The minimum absolute atomic E-state index is 0.202. The molecule has 3 nitrogen and oxygen atoms in total. The van der Waals surface area contributed by atoms with Gasteiger partial charge in [0.1, 0.15) is 0 Å². The van der Waals surface area contributed by atoms with Crippen LogP contribution in [0.2, 0.25) is 0 Å². The second-order valence-corrected chi connectivity index (χ2v) is 2.94. The lowest BCUT2D eigenvalue weighted by Crippen LogP contribution is -2.16. The van der Waals surface area contributed by atoms with E-state index in [1.54, 1.807) is 0 Å². The quantitative estimate of drug-likeness (QED) is 0.294. The van der Waals surface area contributed by atoms with Crippen molar-refractivity contribution in [2.75, 3.05) is 0 Å². The molecule has 0 spiro atoms. The van der Waals surface area contributed by atoms with E-state index in [0.29, 0.717) is 0 Å². The van der Waals surface area contributed by atoms with Crippen molar-refractivity contribution in [1.29, 1.82) is 0 Å². The van der Waals surface area contributed by atoms with Crippen molar-refractivity contribution in [2.45, 2.75) is 20.8 Å². The lowest BCUT2D eigenvalue weighted by molar-refractivity contribution is -0.123. The summed E-state index contributed by atoms with van der Waals surface area (Å²) in [6.07, 6.45) is 0. The minimum Gasteiger partial charge on any atom is -0.288 e. The highest BCUT2D eigenvalue weighted by Crippen LogP contribution is 2.09. The van der Waals surface area contributed by atoms with Crippen LogP contribution >= 0.6 is 0 Å². The molecule has 0 radical (unpaired) electrons. The molecule has 0 atom stereocenters. The number of amides is 1. The van der Waals surface area contributed by atoms with Crippen LogP contribution in [-0.2, 0) is 4.79 Å². The second-order valence-electron chi connectivity index (χ2n) is 2.94. The number of carbonyl (C=O) groups excluding carboxylic acids is 1. The molecule has 0 fully saturated rings. The van der Waals surface area contributed by atoms with E-state index in [0.717, 1.165) is 0 Å². The summed E-state index contributed by atoms with van der Waals surface area (Å²) in [5, 5.41) is 8.03. The van der Waals surface area contributed by atoms with Gasteiger partial charge in [0.15, 0.2) is 0 Å². The van der Waals surface area contributed by atoms with Gasteiger partial charge in [0.25, 0.3) is 0 Å². The summed E-state index contributed by atoms with van der Waals surface area (Å²) in [6.45, 7) is 5.64. The molecule has 0 aromatic rings. The molecule has 2 N–H and O–H groups in total. The molecule has 0 saturated carbocycles. The molecule has 0 rings (SSSR count). The van der Waals surface area contributed by atoms with Crippen LogP contribution in [0.1, 0.15) is 20.8 Å². The molecule has 0 aliphatic rings. The van der Waals surface area contributed by atoms with Crippen LogP contribution in [0.5, 0.6) is 0 Å². The van der Waals surface area contributed by atoms with Crippen molar-refractivity contribution in [3.05, 3.63) is 0 Å². The van der Waals surface area contributed by atoms with Gasteiger partial charge in [-0.15, -0.1) is 0 Å². The standard InChI is InChI=1S/C7H11NO2/c1-7(2,3)5-4-6(9)8-10/h10H,1-3H3,(H,8,9). The molecule has 0 bridgehead atoms. The van der Waals surface area contributed by atoms with Gasteiger partial charge in [0, 0.05) is 5.41 Å². The van der Waals surface area contributed by atoms with E-state index >= 15 is 0 Å². The van der Waals surface area contributed by atoms with E-state index in [-0.39, 0.29) is 5.41 Å². The maximum atomic E-state index is 10.3. The van der Waals surface area contributed by atoms with E-state index in [2.05, 4.69) is 11.8 Å². The average Bonchev–Trinajstić information content (AvgIpc) is 1.81. The van der Waals surface area contributed by atoms with E-state index in [9.17, 15) is 4.79 Å². The van der Waals surface area contributed by atoms with E-state index < -0.39 is 5.91 Å². The Morgan fingerprint density at radius 2 is 2.00 bits per heavy atom. The molecular formula is C7H11NO2. The number of nitrogens with one attached hydrogen (secondary N) is 1. The smallest absolute Gasteiger partial charge is 0.288 e. The third-order valence-electron chi connectivity index (χ3n) is 0.653. The third kappa shape index (κ3) is 5.13. The number of hydrogen-bond donors (Lipinski definition) is 2. The molecule has 0 saturated heterocycles. The van der Waals surface area contributed by atoms with Crippen LogP contribution in [0.3, 0.4) is 0 Å². The lowest BCUT2D eigenvalue weighted by Gasteiger charge is -2.05. The SMILES string of the molecule is CC(C)(C)C#CC(=O)NO. The highest BCUT2D eigenvalue weighted by molar-refractivity contribution is 5.92. The van der Waals surface area contributed by atoms with Gasteiger partial charge in [-0.3, -0.25) is 10.0 Å². The van der Waals surface area contributed by atoms with Gasteiger partial charge in [-0.2, -0.15) is 0 Å². The van der Waals surface area contributed by atoms with Crippen LogP contribution in [0.15, 0.2) is 0 Å². The Morgan fingerprint density at radius 1 is 1.50 bits per heavy atom. The fourth-order valence-corrected chi connectivity index (χ4v) is 0.272. The summed E-state index contributed by atoms with van der Waals surface area (Å²) >= 11 is 0. The van der Waals surface area contributed by atoms with Crippen LogP contribution in [0.25, 0.3) is 0 Å². The molecule has 3 heteroatoms. The summed E-state index contributed by atoms with van der Waals surface area (Å²) in [5.74, 6) is 4.20. The molecule has 1 amide bonds. The van der Waals surface area contributed by atoms with Crippen LogP contribution in [-0.4, -0.2) is 11.1 Å². The third-order valence-corrected chi connectivity index (χ3v) is 0.653. The predicted octanol–water partition coefficient (Wildman–Crippen LogP) is 0.541. The fraction of sp³-hybridized carbons (Fsp3) is 0.571. The first kappa shape index (κ1) is 8.99. The molecule has 56 valence electrons. The first-order valence-electron chi connectivity index (χ1n) is 2.93. The summed E-state index contributed by atoms with van der Waals surface area (Å²) in [4.78, 5) is 10.3. The van der Waals surface area contributed by atoms with Gasteiger partial charge >= 0.3 is 5.91 Å². The van der Waals surface area contributed by atoms with Gasteiger partial charge in [-0.25, -0.2) is 5.48 Å². The normalized spacial score (nSPS) is 9.60. The number of hydrogen-bond acceptors (Lipinski definition) is 2. The number of carbonyl (C=O) groups is 1. The number of rotatable bonds is 0. The van der Waals surface area contributed by atoms with Crippen LogP contribution < -0.4 is 5.48 Å². The zero-order valence-corrected chi connectivity index (χ0v) is 6.36. The Hall–Kier alpha value is -1.01. The Kier molecular flexibility index (Phi) is 2.91. The Morgan fingerprint density at radius 3 is 2.30 bits per heavy atom. The molecule has 0 aromatic carbocycles. The topological polar surface area (TPSA) is 49.3 Å². The zero-order chi connectivity index (χ0) is 8.20. The van der Waals surface area contributed by atoms with Gasteiger partial charge in [0.05, 0.1) is 0 Å². The highest BCUT2D eigenvalue weighted by atomic mass is 16.5. The molecular weight excluding hydrogens is 130 g/mol. The molecule has 0 aliphatic carbocycles. The highest BCUT2D eigenvalue weighted by Gasteiger charge is 2.03. The van der Waals surface area contributed by atoms with Crippen LogP contribution in [0.4, 0.5) is 0 Å². The number of hydroxylamine groups is 1. The summed E-state index contributed by atoms with van der Waals surface area (Å²) in [7, 11) is 0. The largest absolute Gasteiger partial charge is 0.319 e. The van der Waals surface area contributed by atoms with Crippen molar-refractivity contribution in [3.8, 4) is 11.8 Å². The van der Waals surface area contributed by atoms with E-state index in [4.69, 9.17) is 5.21 Å². The monoisotopic (exact) mass is 141 g/mol. The Balaban J connectivity index is 4.05. The van der Waals surface area contributed by atoms with Crippen molar-refractivity contribution >= 4 is 5.91 Å². The van der Waals surface area contributed by atoms with E-state index in [1.807, 2.05) is 20.8 Å². The first-order valence-corrected chi connectivity index (χ1v) is 2.93. The van der Waals surface area contributed by atoms with Gasteiger partial charge in [-0.05, 0) is 26.7 Å². The van der Waals surface area contributed by atoms with Crippen molar-refractivity contribution in [2.24, 2.45) is 5.41 Å². The molecule has 0 unspecified atom stereocenters. The zero-order valence-electron chi connectivity index (χ0n) is 6.36. The average molecular weight is 141 g/mol. The van der Waals surface area contributed by atoms with Crippen LogP contribution in [0, 0.1) is 17.3 Å². The first-order chi connectivity index (χ1) is 4.45. The fourth-order valence-electron chi connectivity index (χ4n) is 0.272. The van der Waals surface area contributed by atoms with Gasteiger partial charge in [0.2, 0.25) is 0 Å². The Labute approximate surface area is 60.4 Å².